The molecule has 1 fully saturated rings. The minimum Gasteiger partial charge on any atom is -0.465 e. The van der Waals surface area contributed by atoms with Gasteiger partial charge in [-0.3, -0.25) is 0 Å². The van der Waals surface area contributed by atoms with Gasteiger partial charge in [0.2, 0.25) is 0 Å². The van der Waals surface area contributed by atoms with Crippen molar-refractivity contribution in [1.82, 2.24) is 0 Å². The van der Waals surface area contributed by atoms with Crippen molar-refractivity contribution in [2.45, 2.75) is 37.9 Å². The number of hydrogen-bond acceptors (Lipinski definition) is 8. The zero-order chi connectivity index (χ0) is 23.1. The Bertz CT molecular complexity index is 889. The molecular formula is C24H24O8. The van der Waals surface area contributed by atoms with Crippen LogP contribution in [0.3, 0.4) is 0 Å². The second-order valence-electron chi connectivity index (χ2n) is 7.35. The molecule has 0 N–H and O–H groups in total. The summed E-state index contributed by atoms with van der Waals surface area (Å²) < 4.78 is 20.4. The first-order valence-electron chi connectivity index (χ1n) is 10.2. The molecule has 0 aromatic heterocycles. The third kappa shape index (κ3) is 5.72. The number of ether oxygens (including phenoxy) is 4. The van der Waals surface area contributed by atoms with E-state index in [0.29, 0.717) is 47.9 Å². The molecule has 32 heavy (non-hydrogen) atoms. The van der Waals surface area contributed by atoms with E-state index >= 15 is 0 Å². The fourth-order valence-corrected chi connectivity index (χ4v) is 3.43. The van der Waals surface area contributed by atoms with Crippen LogP contribution in [0.4, 0.5) is 0 Å². The molecule has 0 unspecified atom stereocenters. The summed E-state index contributed by atoms with van der Waals surface area (Å²) in [5.74, 6) is -1.88. The van der Waals surface area contributed by atoms with Crippen LogP contribution < -0.4 is 0 Å². The van der Waals surface area contributed by atoms with Crippen molar-refractivity contribution in [2.75, 3.05) is 14.2 Å². The van der Waals surface area contributed by atoms with Crippen molar-refractivity contribution in [3.8, 4) is 0 Å². The number of carbonyl (C=O) groups is 4. The van der Waals surface area contributed by atoms with Gasteiger partial charge in [-0.05, 0) is 74.2 Å². The van der Waals surface area contributed by atoms with Gasteiger partial charge in [-0.2, -0.15) is 0 Å². The summed E-state index contributed by atoms with van der Waals surface area (Å²) in [5, 5.41) is 0. The summed E-state index contributed by atoms with van der Waals surface area (Å²) in [5.41, 5.74) is 1.40. The highest BCUT2D eigenvalue weighted by atomic mass is 16.6. The Kier molecular flexibility index (Phi) is 7.59. The van der Waals surface area contributed by atoms with Gasteiger partial charge in [0.15, 0.2) is 0 Å². The fraction of sp³-hybridized carbons (Fsp3) is 0.333. The summed E-state index contributed by atoms with van der Waals surface area (Å²) in [6.07, 6.45) is 1.77. The van der Waals surface area contributed by atoms with Gasteiger partial charge >= 0.3 is 23.9 Å². The molecule has 3 rings (SSSR count). The molecule has 0 radical (unpaired) electrons. The summed E-state index contributed by atoms with van der Waals surface area (Å²) in [6.45, 7) is 0. The molecule has 0 atom stereocenters. The first-order chi connectivity index (χ1) is 15.4. The van der Waals surface area contributed by atoms with Gasteiger partial charge in [-0.25, -0.2) is 19.2 Å². The number of benzene rings is 2. The molecule has 0 bridgehead atoms. The van der Waals surface area contributed by atoms with E-state index in [1.807, 2.05) is 0 Å². The maximum atomic E-state index is 12.3. The predicted octanol–water partition coefficient (Wildman–Crippen LogP) is 3.58. The van der Waals surface area contributed by atoms with Crippen LogP contribution in [0.2, 0.25) is 0 Å². The van der Waals surface area contributed by atoms with Crippen LogP contribution in [-0.2, 0) is 18.9 Å². The van der Waals surface area contributed by atoms with Crippen LogP contribution in [0.15, 0.2) is 48.5 Å². The monoisotopic (exact) mass is 440 g/mol. The van der Waals surface area contributed by atoms with Crippen LogP contribution in [0.25, 0.3) is 0 Å². The largest absolute Gasteiger partial charge is 0.465 e. The molecule has 0 spiro atoms. The predicted molar refractivity (Wildman–Crippen MR) is 112 cm³/mol. The molecule has 1 aliphatic carbocycles. The second-order valence-corrected chi connectivity index (χ2v) is 7.35. The molecule has 0 saturated heterocycles. The summed E-state index contributed by atoms with van der Waals surface area (Å²) in [4.78, 5) is 47.6. The lowest BCUT2D eigenvalue weighted by atomic mass is 9.94. The Morgan fingerprint density at radius 1 is 0.531 bits per heavy atom. The molecule has 2 aromatic rings. The molecule has 8 heteroatoms. The highest BCUT2D eigenvalue weighted by Gasteiger charge is 2.27. The van der Waals surface area contributed by atoms with Crippen molar-refractivity contribution in [3.05, 3.63) is 70.8 Å². The van der Waals surface area contributed by atoms with Crippen molar-refractivity contribution in [1.29, 1.82) is 0 Å². The lowest BCUT2D eigenvalue weighted by Gasteiger charge is -2.28. The number of esters is 4. The van der Waals surface area contributed by atoms with E-state index in [2.05, 4.69) is 9.47 Å². The first kappa shape index (κ1) is 23.0. The fourth-order valence-electron chi connectivity index (χ4n) is 3.43. The number of hydrogen-bond donors (Lipinski definition) is 0. The Balaban J connectivity index is 1.46. The van der Waals surface area contributed by atoms with E-state index in [1.165, 1.54) is 62.8 Å². The molecule has 8 nitrogen and oxygen atoms in total. The quantitative estimate of drug-likeness (QED) is 0.496. The highest BCUT2D eigenvalue weighted by Crippen LogP contribution is 2.25. The van der Waals surface area contributed by atoms with Crippen molar-refractivity contribution in [2.24, 2.45) is 0 Å². The van der Waals surface area contributed by atoms with Crippen LogP contribution in [0.1, 0.15) is 67.1 Å². The van der Waals surface area contributed by atoms with Crippen molar-refractivity contribution >= 4 is 23.9 Å². The topological polar surface area (TPSA) is 105 Å². The van der Waals surface area contributed by atoms with E-state index in [-0.39, 0.29) is 12.2 Å². The van der Waals surface area contributed by atoms with Gasteiger partial charge in [0, 0.05) is 0 Å². The zero-order valence-corrected chi connectivity index (χ0v) is 17.9. The maximum absolute atomic E-state index is 12.3. The molecule has 0 aliphatic heterocycles. The highest BCUT2D eigenvalue weighted by molar-refractivity contribution is 5.94. The molecule has 1 aliphatic rings. The number of methoxy groups -OCH3 is 2. The minimum atomic E-state index is -0.475. The molecule has 0 heterocycles. The molecule has 1 saturated carbocycles. The number of carbonyl (C=O) groups excluding carboxylic acids is 4. The Morgan fingerprint density at radius 2 is 0.781 bits per heavy atom. The first-order valence-corrected chi connectivity index (χ1v) is 10.2. The van der Waals surface area contributed by atoms with Gasteiger partial charge in [-0.1, -0.05) is 0 Å². The van der Waals surface area contributed by atoms with Gasteiger partial charge in [0.25, 0.3) is 0 Å². The van der Waals surface area contributed by atoms with Gasteiger partial charge < -0.3 is 18.9 Å². The van der Waals surface area contributed by atoms with Gasteiger partial charge in [-0.15, -0.1) is 0 Å². The van der Waals surface area contributed by atoms with Crippen LogP contribution in [-0.4, -0.2) is 50.3 Å². The van der Waals surface area contributed by atoms with E-state index in [0.717, 1.165) is 0 Å². The van der Waals surface area contributed by atoms with Crippen molar-refractivity contribution in [3.63, 3.8) is 0 Å². The van der Waals surface area contributed by atoms with E-state index in [9.17, 15) is 19.2 Å². The normalized spacial score (nSPS) is 17.7. The van der Waals surface area contributed by atoms with E-state index in [4.69, 9.17) is 9.47 Å². The Labute approximate surface area is 185 Å². The molecule has 0 amide bonds. The average Bonchev–Trinajstić information content (AvgIpc) is 2.84. The average molecular weight is 440 g/mol. The summed E-state index contributed by atoms with van der Waals surface area (Å²) >= 11 is 0. The van der Waals surface area contributed by atoms with Crippen molar-refractivity contribution < 1.29 is 38.1 Å². The van der Waals surface area contributed by atoms with Crippen LogP contribution in [0.5, 0.6) is 0 Å². The van der Waals surface area contributed by atoms with E-state index in [1.54, 1.807) is 0 Å². The third-order valence-corrected chi connectivity index (χ3v) is 5.25. The van der Waals surface area contributed by atoms with Crippen LogP contribution >= 0.6 is 0 Å². The molecule has 168 valence electrons. The summed E-state index contributed by atoms with van der Waals surface area (Å²) in [7, 11) is 2.58. The van der Waals surface area contributed by atoms with Crippen LogP contribution in [0, 0.1) is 0 Å². The molecular weight excluding hydrogens is 416 g/mol. The standard InChI is InChI=1S/C24H24O8/c1-29-21(25)15-3-7-17(8-4-15)23(27)31-19-11-13-20(14-12-19)32-24(28)18-9-5-16(6-10-18)22(26)30-2/h3-10,19-20H,11-14H2,1-2H3. The SMILES string of the molecule is COC(=O)c1ccc(C(=O)OC2CCC(OC(=O)c3ccc(C(=O)OC)cc3)CC2)cc1. The van der Waals surface area contributed by atoms with Gasteiger partial charge in [0.05, 0.1) is 36.5 Å². The minimum absolute atomic E-state index is 0.267. The van der Waals surface area contributed by atoms with Gasteiger partial charge in [0.1, 0.15) is 12.2 Å². The molecule has 2 aromatic carbocycles. The summed E-state index contributed by atoms with van der Waals surface area (Å²) in [6, 6.07) is 12.1. The lowest BCUT2D eigenvalue weighted by Crippen LogP contribution is -2.29. The third-order valence-electron chi connectivity index (χ3n) is 5.25. The zero-order valence-electron chi connectivity index (χ0n) is 17.9. The maximum Gasteiger partial charge on any atom is 0.338 e. The Hall–Kier alpha value is -3.68. The van der Waals surface area contributed by atoms with E-state index < -0.39 is 23.9 Å². The smallest absolute Gasteiger partial charge is 0.338 e. The second kappa shape index (κ2) is 10.6. The Morgan fingerprint density at radius 3 is 1.03 bits per heavy atom. The number of rotatable bonds is 6. The lowest BCUT2D eigenvalue weighted by molar-refractivity contribution is -0.0108.